The van der Waals surface area contributed by atoms with Crippen molar-refractivity contribution in [2.45, 2.75) is 5.37 Å². The van der Waals surface area contributed by atoms with Crippen LogP contribution < -0.4 is 10.2 Å². The van der Waals surface area contributed by atoms with Crippen molar-refractivity contribution in [3.05, 3.63) is 65.7 Å². The Morgan fingerprint density at radius 1 is 1.18 bits per heavy atom. The molecule has 148 valence electrons. The molecule has 1 aliphatic heterocycles. The van der Waals surface area contributed by atoms with Gasteiger partial charge in [-0.3, -0.25) is 9.59 Å². The second-order valence-electron chi connectivity index (χ2n) is 6.70. The summed E-state index contributed by atoms with van der Waals surface area (Å²) in [5.41, 5.74) is 0.875. The molecule has 0 spiro atoms. The van der Waals surface area contributed by atoms with Crippen molar-refractivity contribution in [1.82, 2.24) is 4.90 Å². The van der Waals surface area contributed by atoms with E-state index < -0.39 is 5.82 Å². The predicted octanol–water partition coefficient (Wildman–Crippen LogP) is 1.69. The molecule has 1 fully saturated rings. The number of thioether (sulfide) groups is 1. The Labute approximate surface area is 166 Å². The van der Waals surface area contributed by atoms with Crippen LogP contribution in [0.1, 0.15) is 10.9 Å². The highest BCUT2D eigenvalue weighted by Gasteiger charge is 2.33. The van der Waals surface area contributed by atoms with Crippen molar-refractivity contribution in [2.24, 2.45) is 0 Å². The van der Waals surface area contributed by atoms with Gasteiger partial charge in [0, 0.05) is 23.5 Å². The van der Waals surface area contributed by atoms with Gasteiger partial charge in [-0.2, -0.15) is 0 Å². The molecule has 1 aliphatic rings. The van der Waals surface area contributed by atoms with E-state index >= 15 is 0 Å². The number of nitrogens with one attached hydrogen (secondary N) is 2. The Balaban J connectivity index is 1.56. The first-order chi connectivity index (χ1) is 13.4. The van der Waals surface area contributed by atoms with Crippen LogP contribution in [0, 0.1) is 11.6 Å². The van der Waals surface area contributed by atoms with E-state index in [1.54, 1.807) is 36.2 Å². The lowest BCUT2D eigenvalue weighted by Crippen LogP contribution is -3.11. The van der Waals surface area contributed by atoms with Crippen LogP contribution in [0.15, 0.2) is 48.5 Å². The number of nitrogens with zero attached hydrogens (tertiary/aromatic N) is 1. The first kappa shape index (κ1) is 20.3. The van der Waals surface area contributed by atoms with Crippen LogP contribution in [0.2, 0.25) is 0 Å². The van der Waals surface area contributed by atoms with Crippen molar-refractivity contribution in [1.29, 1.82) is 0 Å². The average Bonchev–Trinajstić information content (AvgIpc) is 3.11. The second kappa shape index (κ2) is 9.16. The van der Waals surface area contributed by atoms with Crippen molar-refractivity contribution >= 4 is 29.3 Å². The fourth-order valence-corrected chi connectivity index (χ4v) is 4.43. The number of benzene rings is 2. The molecule has 1 unspecified atom stereocenters. The normalized spacial score (nSPS) is 17.4. The number of carbonyl (C=O) groups is 2. The average molecular weight is 406 g/mol. The molecule has 0 aliphatic carbocycles. The molecule has 1 heterocycles. The summed E-state index contributed by atoms with van der Waals surface area (Å²) in [7, 11) is 1.74. The summed E-state index contributed by atoms with van der Waals surface area (Å²) in [6, 6.07) is 12.1. The summed E-state index contributed by atoms with van der Waals surface area (Å²) in [6.07, 6.45) is 0. The minimum Gasteiger partial charge on any atom is -0.322 e. The SMILES string of the molecule is C[NH+](CC(=O)Nc1cccc(F)c1)CC(=O)N1CCS[C@H]1c1ccccc1F. The molecular weight excluding hydrogens is 384 g/mol. The standard InChI is InChI=1S/C20H21F2N3O2S/c1-24(12-18(26)23-15-6-4-5-14(21)11-15)13-19(27)25-9-10-28-20(25)16-7-2-3-8-17(16)22/h2-8,11,20H,9-10,12-13H2,1H3,(H,23,26)/p+1/t20-/m0/s1. The van der Waals surface area contributed by atoms with Gasteiger partial charge in [0.25, 0.3) is 11.8 Å². The summed E-state index contributed by atoms with van der Waals surface area (Å²) in [5, 5.41) is 2.28. The highest BCUT2D eigenvalue weighted by Crippen LogP contribution is 2.38. The van der Waals surface area contributed by atoms with Crippen LogP contribution in [0.4, 0.5) is 14.5 Å². The zero-order valence-corrected chi connectivity index (χ0v) is 16.3. The summed E-state index contributed by atoms with van der Waals surface area (Å²) in [6.45, 7) is 0.723. The molecular formula is C20H22F2N3O2S+. The zero-order valence-electron chi connectivity index (χ0n) is 15.5. The minimum atomic E-state index is -0.431. The van der Waals surface area contributed by atoms with E-state index in [0.717, 1.165) is 5.75 Å². The van der Waals surface area contributed by atoms with E-state index in [-0.39, 0.29) is 36.1 Å². The number of carbonyl (C=O) groups excluding carboxylic acids is 2. The fraction of sp³-hybridized carbons (Fsp3) is 0.300. The molecule has 1 saturated heterocycles. The number of halogens is 2. The number of amides is 2. The summed E-state index contributed by atoms with van der Waals surface area (Å²) in [4.78, 5) is 27.2. The fourth-order valence-electron chi connectivity index (χ4n) is 3.13. The molecule has 0 aromatic heterocycles. The third-order valence-corrected chi connectivity index (χ3v) is 5.65. The van der Waals surface area contributed by atoms with E-state index in [1.165, 1.54) is 36.0 Å². The Hall–Kier alpha value is -2.45. The second-order valence-corrected chi connectivity index (χ2v) is 7.89. The molecule has 0 radical (unpaired) electrons. The van der Waals surface area contributed by atoms with Crippen molar-refractivity contribution in [3.63, 3.8) is 0 Å². The van der Waals surface area contributed by atoms with E-state index in [0.29, 0.717) is 22.7 Å². The van der Waals surface area contributed by atoms with Crippen LogP contribution in [0.3, 0.4) is 0 Å². The molecule has 3 rings (SSSR count). The number of rotatable bonds is 6. The summed E-state index contributed by atoms with van der Waals surface area (Å²) in [5.74, 6) is -0.454. The van der Waals surface area contributed by atoms with Gasteiger partial charge in [-0.25, -0.2) is 8.78 Å². The van der Waals surface area contributed by atoms with Crippen LogP contribution in [-0.2, 0) is 9.59 Å². The number of hydrogen-bond donors (Lipinski definition) is 2. The predicted molar refractivity (Wildman–Crippen MR) is 105 cm³/mol. The molecule has 0 bridgehead atoms. The third-order valence-electron chi connectivity index (χ3n) is 4.41. The Morgan fingerprint density at radius 3 is 2.71 bits per heavy atom. The summed E-state index contributed by atoms with van der Waals surface area (Å²) < 4.78 is 27.3. The maximum atomic E-state index is 14.1. The molecule has 2 atom stereocenters. The lowest BCUT2D eigenvalue weighted by molar-refractivity contribution is -0.862. The van der Waals surface area contributed by atoms with Crippen molar-refractivity contribution in [2.75, 3.05) is 37.8 Å². The van der Waals surface area contributed by atoms with Crippen LogP contribution in [0.25, 0.3) is 0 Å². The van der Waals surface area contributed by atoms with Gasteiger partial charge in [-0.15, -0.1) is 11.8 Å². The zero-order chi connectivity index (χ0) is 20.1. The number of quaternary nitrogens is 1. The quantitative estimate of drug-likeness (QED) is 0.768. The highest BCUT2D eigenvalue weighted by atomic mass is 32.2. The first-order valence-corrected chi connectivity index (χ1v) is 10.0. The van der Waals surface area contributed by atoms with Gasteiger partial charge in [-0.1, -0.05) is 24.3 Å². The Morgan fingerprint density at radius 2 is 1.96 bits per heavy atom. The van der Waals surface area contributed by atoms with E-state index in [2.05, 4.69) is 5.32 Å². The molecule has 0 saturated carbocycles. The van der Waals surface area contributed by atoms with Gasteiger partial charge in [0.05, 0.1) is 7.05 Å². The maximum absolute atomic E-state index is 14.1. The van der Waals surface area contributed by atoms with Gasteiger partial charge in [-0.05, 0) is 24.3 Å². The molecule has 2 amide bonds. The van der Waals surface area contributed by atoms with Crippen LogP contribution >= 0.6 is 11.8 Å². The van der Waals surface area contributed by atoms with Crippen molar-refractivity contribution < 1.29 is 23.3 Å². The van der Waals surface area contributed by atoms with E-state index in [9.17, 15) is 18.4 Å². The number of hydrogen-bond acceptors (Lipinski definition) is 3. The largest absolute Gasteiger partial charge is 0.322 e. The topological polar surface area (TPSA) is 53.9 Å². The van der Waals surface area contributed by atoms with Gasteiger partial charge < -0.3 is 15.1 Å². The van der Waals surface area contributed by atoms with E-state index in [4.69, 9.17) is 0 Å². The molecule has 2 N–H and O–H groups in total. The first-order valence-electron chi connectivity index (χ1n) is 8.96. The molecule has 8 heteroatoms. The van der Waals surface area contributed by atoms with Crippen LogP contribution in [-0.4, -0.2) is 49.1 Å². The van der Waals surface area contributed by atoms with Crippen LogP contribution in [0.5, 0.6) is 0 Å². The van der Waals surface area contributed by atoms with Gasteiger partial charge >= 0.3 is 0 Å². The van der Waals surface area contributed by atoms with Gasteiger partial charge in [0.1, 0.15) is 17.0 Å². The lowest BCUT2D eigenvalue weighted by Gasteiger charge is -2.25. The lowest BCUT2D eigenvalue weighted by atomic mass is 10.2. The monoisotopic (exact) mass is 406 g/mol. The number of likely N-dealkylation sites (N-methyl/N-ethyl adjacent to an activating group) is 1. The van der Waals surface area contributed by atoms with Gasteiger partial charge in [0.15, 0.2) is 13.1 Å². The molecule has 28 heavy (non-hydrogen) atoms. The summed E-state index contributed by atoms with van der Waals surface area (Å²) >= 11 is 1.53. The Kier molecular flexibility index (Phi) is 6.64. The van der Waals surface area contributed by atoms with Gasteiger partial charge in [0.2, 0.25) is 0 Å². The molecule has 2 aromatic carbocycles. The maximum Gasteiger partial charge on any atom is 0.279 e. The minimum absolute atomic E-state index is 0.0631. The Bertz CT molecular complexity index is 865. The van der Waals surface area contributed by atoms with E-state index in [1.807, 2.05) is 0 Å². The molecule has 2 aromatic rings. The highest BCUT2D eigenvalue weighted by molar-refractivity contribution is 7.99. The smallest absolute Gasteiger partial charge is 0.279 e. The molecule has 5 nitrogen and oxygen atoms in total. The third kappa shape index (κ3) is 5.08. The van der Waals surface area contributed by atoms with Crippen molar-refractivity contribution in [3.8, 4) is 0 Å². The number of anilines is 1.